The molecule has 1 aliphatic rings. The highest BCUT2D eigenvalue weighted by Crippen LogP contribution is 2.30. The third kappa shape index (κ3) is 6.05. The first kappa shape index (κ1) is 21.2. The summed E-state index contributed by atoms with van der Waals surface area (Å²) in [5.74, 6) is -1.07. The Morgan fingerprint density at radius 1 is 1.39 bits per heavy atom. The van der Waals surface area contributed by atoms with Crippen molar-refractivity contribution >= 4 is 36.2 Å². The number of guanidine groups is 1. The molecular formula is C14H25ClN4O4. The van der Waals surface area contributed by atoms with Crippen LogP contribution in [0.5, 0.6) is 0 Å². The molecule has 4 N–H and O–H groups in total. The molecule has 0 radical (unpaired) electrons. The van der Waals surface area contributed by atoms with Crippen molar-refractivity contribution in [3.8, 4) is 0 Å². The van der Waals surface area contributed by atoms with Crippen molar-refractivity contribution in [1.82, 2.24) is 4.90 Å². The number of carbonyl (C=O) groups excluding carboxylic acids is 3. The van der Waals surface area contributed by atoms with Crippen molar-refractivity contribution in [2.45, 2.75) is 59.2 Å². The quantitative estimate of drug-likeness (QED) is 0.322. The van der Waals surface area contributed by atoms with Gasteiger partial charge in [0.15, 0.2) is 12.2 Å². The summed E-state index contributed by atoms with van der Waals surface area (Å²) >= 11 is 0. The van der Waals surface area contributed by atoms with E-state index in [0.717, 1.165) is 0 Å². The molecule has 1 fully saturated rings. The van der Waals surface area contributed by atoms with E-state index in [9.17, 15) is 14.4 Å². The van der Waals surface area contributed by atoms with Gasteiger partial charge in [-0.3, -0.25) is 19.3 Å². The number of carbonyl (C=O) groups is 3. The number of nitrogens with zero attached hydrogens (tertiary/aromatic N) is 2. The van der Waals surface area contributed by atoms with Crippen LogP contribution in [-0.4, -0.2) is 40.9 Å². The molecule has 1 heterocycles. The summed E-state index contributed by atoms with van der Waals surface area (Å²) in [4.78, 5) is 40.0. The highest BCUT2D eigenvalue weighted by molar-refractivity contribution is 6.02. The Labute approximate surface area is 142 Å². The van der Waals surface area contributed by atoms with Crippen molar-refractivity contribution < 1.29 is 19.1 Å². The molecule has 132 valence electrons. The molecule has 0 bridgehead atoms. The van der Waals surface area contributed by atoms with Gasteiger partial charge in [-0.15, -0.1) is 12.4 Å². The molecule has 0 aliphatic carbocycles. The van der Waals surface area contributed by atoms with Gasteiger partial charge in [0.2, 0.25) is 11.8 Å². The van der Waals surface area contributed by atoms with Gasteiger partial charge < -0.3 is 16.2 Å². The number of ether oxygens (including phenoxy) is 1. The summed E-state index contributed by atoms with van der Waals surface area (Å²) in [6.45, 7) is 6.55. The van der Waals surface area contributed by atoms with Crippen LogP contribution in [0.1, 0.15) is 47.0 Å². The van der Waals surface area contributed by atoms with Crippen molar-refractivity contribution in [2.24, 2.45) is 21.9 Å². The Morgan fingerprint density at radius 3 is 2.35 bits per heavy atom. The van der Waals surface area contributed by atoms with Crippen LogP contribution in [0, 0.1) is 5.41 Å². The first-order chi connectivity index (χ1) is 10.0. The number of hydrogen-bond donors (Lipinski definition) is 2. The van der Waals surface area contributed by atoms with Crippen molar-refractivity contribution in [3.05, 3.63) is 0 Å². The summed E-state index contributed by atoms with van der Waals surface area (Å²) < 4.78 is 5.00. The molecule has 0 spiro atoms. The van der Waals surface area contributed by atoms with Gasteiger partial charge >= 0.3 is 5.97 Å². The van der Waals surface area contributed by atoms with Gasteiger partial charge in [-0.05, 0) is 6.42 Å². The molecule has 0 saturated carbocycles. The maximum atomic E-state index is 12.2. The number of esters is 1. The number of halogens is 1. The number of β-lactam (4-membered cyclic amide) rings is 1. The van der Waals surface area contributed by atoms with Crippen LogP contribution in [0.2, 0.25) is 0 Å². The molecule has 1 rings (SSSR count). The molecule has 8 nitrogen and oxygen atoms in total. The Bertz CT molecular complexity index is 497. The monoisotopic (exact) mass is 348 g/mol. The van der Waals surface area contributed by atoms with E-state index in [1.54, 1.807) is 20.8 Å². The van der Waals surface area contributed by atoms with Gasteiger partial charge in [0, 0.05) is 31.2 Å². The minimum Gasteiger partial charge on any atom is -0.440 e. The lowest BCUT2D eigenvalue weighted by Gasteiger charge is -2.42. The van der Waals surface area contributed by atoms with E-state index in [2.05, 4.69) is 4.99 Å². The lowest BCUT2D eigenvalue weighted by molar-refractivity contribution is -0.164. The number of nitrogens with two attached hydrogens (primary N) is 2. The lowest BCUT2D eigenvalue weighted by Crippen LogP contribution is -2.58. The van der Waals surface area contributed by atoms with Crippen molar-refractivity contribution in [1.29, 1.82) is 0 Å². The molecule has 2 unspecified atom stereocenters. The molecule has 23 heavy (non-hydrogen) atoms. The molecule has 2 atom stereocenters. The van der Waals surface area contributed by atoms with Gasteiger partial charge in [0.1, 0.15) is 0 Å². The van der Waals surface area contributed by atoms with Crippen molar-refractivity contribution in [2.75, 3.05) is 0 Å². The Hall–Kier alpha value is -1.83. The molecule has 0 aromatic heterocycles. The maximum Gasteiger partial charge on any atom is 0.304 e. The topological polar surface area (TPSA) is 128 Å². The van der Waals surface area contributed by atoms with E-state index < -0.39 is 17.6 Å². The van der Waals surface area contributed by atoms with Gasteiger partial charge in [0.05, 0.1) is 0 Å². The SMILES string of the molecule is CC(=O)OC(CCC1CC(=O)N1C(=O)C(C)(C)C)N=C(N)N.Cl. The van der Waals surface area contributed by atoms with Crippen molar-refractivity contribution in [3.63, 3.8) is 0 Å². The number of hydrogen-bond acceptors (Lipinski definition) is 5. The summed E-state index contributed by atoms with van der Waals surface area (Å²) in [6, 6.07) is -0.202. The summed E-state index contributed by atoms with van der Waals surface area (Å²) in [6.07, 6.45) is 0.312. The molecule has 0 aromatic rings. The van der Waals surface area contributed by atoms with Gasteiger partial charge in [-0.2, -0.15) is 0 Å². The Kier molecular flexibility index (Phi) is 7.50. The van der Waals surface area contributed by atoms with Crippen LogP contribution in [0.4, 0.5) is 0 Å². The van der Waals surface area contributed by atoms with E-state index >= 15 is 0 Å². The maximum absolute atomic E-state index is 12.2. The molecule has 1 saturated heterocycles. The lowest BCUT2D eigenvalue weighted by atomic mass is 9.88. The number of imide groups is 1. The zero-order valence-electron chi connectivity index (χ0n) is 13.9. The third-order valence-corrected chi connectivity index (χ3v) is 3.25. The zero-order chi connectivity index (χ0) is 17.1. The van der Waals surface area contributed by atoms with E-state index in [1.165, 1.54) is 11.8 Å². The predicted molar refractivity (Wildman–Crippen MR) is 87.6 cm³/mol. The van der Waals surface area contributed by atoms with E-state index in [0.29, 0.717) is 19.3 Å². The van der Waals surface area contributed by atoms with Crippen LogP contribution in [0.15, 0.2) is 4.99 Å². The minimum atomic E-state index is -0.801. The second-order valence-corrected chi connectivity index (χ2v) is 6.37. The van der Waals surface area contributed by atoms with Crippen LogP contribution in [-0.2, 0) is 19.1 Å². The number of rotatable bonds is 5. The average Bonchev–Trinajstić information content (AvgIpc) is 2.30. The fourth-order valence-electron chi connectivity index (χ4n) is 2.20. The smallest absolute Gasteiger partial charge is 0.304 e. The number of aliphatic imine (C=N–C) groups is 1. The zero-order valence-corrected chi connectivity index (χ0v) is 14.7. The number of likely N-dealkylation sites (tertiary alicyclic amines) is 1. The molecule has 0 aromatic carbocycles. The van der Waals surface area contributed by atoms with Crippen LogP contribution in [0.25, 0.3) is 0 Å². The fourth-order valence-corrected chi connectivity index (χ4v) is 2.20. The third-order valence-electron chi connectivity index (χ3n) is 3.25. The first-order valence-electron chi connectivity index (χ1n) is 7.15. The highest BCUT2D eigenvalue weighted by Gasteiger charge is 2.44. The van der Waals surface area contributed by atoms with E-state index in [-0.39, 0.29) is 36.2 Å². The average molecular weight is 349 g/mol. The summed E-state index contributed by atoms with van der Waals surface area (Å²) in [5, 5.41) is 0. The Balaban J connectivity index is 0.00000484. The van der Waals surface area contributed by atoms with E-state index in [1.807, 2.05) is 0 Å². The number of amides is 2. The predicted octanol–water partition coefficient (Wildman–Crippen LogP) is 0.525. The largest absolute Gasteiger partial charge is 0.440 e. The standard InChI is InChI=1S/C14H24N4O4.ClH/c1-8(19)22-10(17-13(15)16)6-5-9-7-11(20)18(9)12(21)14(2,3)4;/h9-10H,5-7H2,1-4H3,(H4,15,16,17);1H. The highest BCUT2D eigenvalue weighted by atomic mass is 35.5. The molecule has 2 amide bonds. The summed E-state index contributed by atoms with van der Waals surface area (Å²) in [5.41, 5.74) is 9.97. The Morgan fingerprint density at radius 2 is 1.96 bits per heavy atom. The normalized spacial score (nSPS) is 18.3. The first-order valence-corrected chi connectivity index (χ1v) is 7.15. The van der Waals surface area contributed by atoms with Crippen LogP contribution < -0.4 is 11.5 Å². The second-order valence-electron chi connectivity index (χ2n) is 6.37. The fraction of sp³-hybridized carbons (Fsp3) is 0.714. The second kappa shape index (κ2) is 8.14. The minimum absolute atomic E-state index is 0. The van der Waals surface area contributed by atoms with Crippen LogP contribution >= 0.6 is 12.4 Å². The van der Waals surface area contributed by atoms with Gasteiger partial charge in [0.25, 0.3) is 0 Å². The van der Waals surface area contributed by atoms with Gasteiger partial charge in [-0.25, -0.2) is 4.99 Å². The molecule has 9 heteroatoms. The van der Waals surface area contributed by atoms with Gasteiger partial charge in [-0.1, -0.05) is 20.8 Å². The van der Waals surface area contributed by atoms with Crippen LogP contribution in [0.3, 0.4) is 0 Å². The molecular weight excluding hydrogens is 324 g/mol. The molecule has 1 aliphatic heterocycles. The van der Waals surface area contributed by atoms with E-state index in [4.69, 9.17) is 16.2 Å². The summed E-state index contributed by atoms with van der Waals surface area (Å²) in [7, 11) is 0.